The molecule has 0 saturated heterocycles. The lowest BCUT2D eigenvalue weighted by molar-refractivity contribution is 0.163. The largest absolute Gasteiger partial charge is 0.474 e. The Balaban J connectivity index is 1.83. The average molecular weight is 234 g/mol. The molecule has 1 heterocycles. The van der Waals surface area contributed by atoms with Crippen molar-refractivity contribution in [3.63, 3.8) is 0 Å². The van der Waals surface area contributed by atoms with E-state index in [4.69, 9.17) is 4.74 Å². The summed E-state index contributed by atoms with van der Waals surface area (Å²) in [4.78, 5) is 4.34. The van der Waals surface area contributed by atoms with Crippen molar-refractivity contribution >= 4 is 0 Å². The zero-order valence-corrected chi connectivity index (χ0v) is 10.9. The van der Waals surface area contributed by atoms with Crippen LogP contribution < -0.4 is 10.1 Å². The van der Waals surface area contributed by atoms with Crippen LogP contribution in [0.1, 0.15) is 39.2 Å². The van der Waals surface area contributed by atoms with Crippen LogP contribution >= 0.6 is 0 Å². The summed E-state index contributed by atoms with van der Waals surface area (Å²) in [5.41, 5.74) is 1.22. The van der Waals surface area contributed by atoms with Crippen molar-refractivity contribution in [1.29, 1.82) is 0 Å². The van der Waals surface area contributed by atoms with Crippen molar-refractivity contribution < 1.29 is 4.74 Å². The highest BCUT2D eigenvalue weighted by Gasteiger charge is 2.19. The summed E-state index contributed by atoms with van der Waals surface area (Å²) in [5, 5.41) is 3.47. The lowest BCUT2D eigenvalue weighted by Crippen LogP contribution is -2.19. The number of aromatic nitrogens is 1. The summed E-state index contributed by atoms with van der Waals surface area (Å²) in [5.74, 6) is 1.23. The van der Waals surface area contributed by atoms with Gasteiger partial charge in [-0.25, -0.2) is 4.98 Å². The van der Waals surface area contributed by atoms with Crippen molar-refractivity contribution in [2.75, 3.05) is 0 Å². The summed E-state index contributed by atoms with van der Waals surface area (Å²) in [7, 11) is 0. The maximum Gasteiger partial charge on any atom is 0.213 e. The van der Waals surface area contributed by atoms with Crippen LogP contribution in [0.2, 0.25) is 0 Å². The number of rotatable bonds is 6. The van der Waals surface area contributed by atoms with Crippen molar-refractivity contribution in [3.05, 3.63) is 23.9 Å². The second-order valence-corrected chi connectivity index (χ2v) is 5.23. The number of nitrogens with one attached hydrogen (secondary N) is 1. The third kappa shape index (κ3) is 4.00. The Kier molecular flexibility index (Phi) is 4.00. The van der Waals surface area contributed by atoms with E-state index in [1.54, 1.807) is 0 Å². The summed E-state index contributed by atoms with van der Waals surface area (Å²) in [6, 6.07) is 4.79. The molecule has 1 fully saturated rings. The predicted molar refractivity (Wildman–Crippen MR) is 69.0 cm³/mol. The standard InChI is InChI=1S/C14H22N2O/c1-10(2)11(3)17-14-7-4-12(9-16-14)8-15-13-5-6-13/h4,7,9-11,13,15H,5-6,8H2,1-3H3. The minimum Gasteiger partial charge on any atom is -0.474 e. The fourth-order valence-corrected chi connectivity index (χ4v) is 1.46. The van der Waals surface area contributed by atoms with Gasteiger partial charge in [0.2, 0.25) is 5.88 Å². The first kappa shape index (κ1) is 12.4. The van der Waals surface area contributed by atoms with E-state index in [1.807, 2.05) is 12.3 Å². The molecule has 0 radical (unpaired) electrons. The number of hydrogen-bond acceptors (Lipinski definition) is 3. The van der Waals surface area contributed by atoms with Gasteiger partial charge in [0.15, 0.2) is 0 Å². The van der Waals surface area contributed by atoms with Crippen LogP contribution in [0.3, 0.4) is 0 Å². The number of hydrogen-bond donors (Lipinski definition) is 1. The van der Waals surface area contributed by atoms with E-state index >= 15 is 0 Å². The Morgan fingerprint density at radius 1 is 1.35 bits per heavy atom. The number of ether oxygens (including phenoxy) is 1. The molecule has 1 aromatic rings. The van der Waals surface area contributed by atoms with Gasteiger partial charge in [-0.05, 0) is 31.2 Å². The second-order valence-electron chi connectivity index (χ2n) is 5.23. The molecule has 1 atom stereocenters. The first-order valence-corrected chi connectivity index (χ1v) is 6.50. The van der Waals surface area contributed by atoms with E-state index in [0.717, 1.165) is 18.5 Å². The Morgan fingerprint density at radius 2 is 2.12 bits per heavy atom. The molecule has 1 unspecified atom stereocenters. The molecular weight excluding hydrogens is 212 g/mol. The molecule has 1 aromatic heterocycles. The van der Waals surface area contributed by atoms with E-state index < -0.39 is 0 Å². The highest BCUT2D eigenvalue weighted by atomic mass is 16.5. The van der Waals surface area contributed by atoms with Gasteiger partial charge in [0.1, 0.15) is 0 Å². The fraction of sp³-hybridized carbons (Fsp3) is 0.643. The minimum absolute atomic E-state index is 0.206. The summed E-state index contributed by atoms with van der Waals surface area (Å²) >= 11 is 0. The first-order chi connectivity index (χ1) is 8.15. The smallest absolute Gasteiger partial charge is 0.213 e. The molecule has 0 spiro atoms. The van der Waals surface area contributed by atoms with Gasteiger partial charge in [-0.15, -0.1) is 0 Å². The maximum atomic E-state index is 5.74. The molecule has 3 nitrogen and oxygen atoms in total. The third-order valence-electron chi connectivity index (χ3n) is 3.22. The molecule has 1 saturated carbocycles. The van der Waals surface area contributed by atoms with Crippen LogP contribution in [0.4, 0.5) is 0 Å². The van der Waals surface area contributed by atoms with Crippen LogP contribution in [0.25, 0.3) is 0 Å². The zero-order valence-electron chi connectivity index (χ0n) is 10.9. The predicted octanol–water partition coefficient (Wildman–Crippen LogP) is 2.76. The first-order valence-electron chi connectivity index (χ1n) is 6.50. The van der Waals surface area contributed by atoms with Crippen molar-refractivity contribution in [3.8, 4) is 5.88 Å². The SMILES string of the molecule is CC(C)C(C)Oc1ccc(CNC2CC2)cn1. The Morgan fingerprint density at radius 3 is 2.65 bits per heavy atom. The molecule has 1 aliphatic carbocycles. The molecule has 17 heavy (non-hydrogen) atoms. The molecule has 0 aromatic carbocycles. The Labute approximate surface area is 104 Å². The summed E-state index contributed by atoms with van der Waals surface area (Å²) in [6.07, 6.45) is 4.75. The normalized spacial score (nSPS) is 17.2. The van der Waals surface area contributed by atoms with Crippen LogP contribution in [0.15, 0.2) is 18.3 Å². The minimum atomic E-state index is 0.206. The lowest BCUT2D eigenvalue weighted by Gasteiger charge is -2.17. The van der Waals surface area contributed by atoms with Crippen molar-refractivity contribution in [2.45, 2.75) is 52.3 Å². The molecular formula is C14H22N2O. The molecule has 3 heteroatoms. The zero-order chi connectivity index (χ0) is 12.3. The van der Waals surface area contributed by atoms with E-state index in [9.17, 15) is 0 Å². The highest BCUT2D eigenvalue weighted by molar-refractivity contribution is 5.18. The fourth-order valence-electron chi connectivity index (χ4n) is 1.46. The second kappa shape index (κ2) is 5.50. The molecule has 1 aliphatic rings. The topological polar surface area (TPSA) is 34.1 Å². The van der Waals surface area contributed by atoms with Gasteiger partial charge in [-0.3, -0.25) is 0 Å². The molecule has 0 amide bonds. The van der Waals surface area contributed by atoms with Crippen molar-refractivity contribution in [1.82, 2.24) is 10.3 Å². The van der Waals surface area contributed by atoms with Gasteiger partial charge in [-0.1, -0.05) is 19.9 Å². The van der Waals surface area contributed by atoms with Crippen LogP contribution in [0, 0.1) is 5.92 Å². The maximum absolute atomic E-state index is 5.74. The Bertz CT molecular complexity index is 344. The highest BCUT2D eigenvalue weighted by Crippen LogP contribution is 2.19. The van der Waals surface area contributed by atoms with Gasteiger partial charge in [-0.2, -0.15) is 0 Å². The molecule has 94 valence electrons. The number of pyridine rings is 1. The van der Waals surface area contributed by atoms with Gasteiger partial charge in [0.25, 0.3) is 0 Å². The van der Waals surface area contributed by atoms with Crippen LogP contribution in [-0.2, 0) is 6.54 Å². The van der Waals surface area contributed by atoms with E-state index in [0.29, 0.717) is 5.92 Å². The van der Waals surface area contributed by atoms with E-state index in [1.165, 1.54) is 18.4 Å². The molecule has 0 aliphatic heterocycles. The number of nitrogens with zero attached hydrogens (tertiary/aromatic N) is 1. The summed E-state index contributed by atoms with van der Waals surface area (Å²) < 4.78 is 5.74. The summed E-state index contributed by atoms with van der Waals surface area (Å²) in [6.45, 7) is 7.30. The van der Waals surface area contributed by atoms with Gasteiger partial charge in [0.05, 0.1) is 6.10 Å². The van der Waals surface area contributed by atoms with Crippen LogP contribution in [-0.4, -0.2) is 17.1 Å². The van der Waals surface area contributed by atoms with Gasteiger partial charge < -0.3 is 10.1 Å². The van der Waals surface area contributed by atoms with Crippen LogP contribution in [0.5, 0.6) is 5.88 Å². The molecule has 1 N–H and O–H groups in total. The van der Waals surface area contributed by atoms with Crippen molar-refractivity contribution in [2.24, 2.45) is 5.92 Å². The monoisotopic (exact) mass is 234 g/mol. The van der Waals surface area contributed by atoms with Gasteiger partial charge in [0, 0.05) is 24.8 Å². The Hall–Kier alpha value is -1.09. The molecule has 0 bridgehead atoms. The van der Waals surface area contributed by atoms with E-state index in [2.05, 4.69) is 37.1 Å². The third-order valence-corrected chi connectivity index (χ3v) is 3.22. The lowest BCUT2D eigenvalue weighted by atomic mass is 10.1. The molecule has 2 rings (SSSR count). The van der Waals surface area contributed by atoms with E-state index in [-0.39, 0.29) is 6.10 Å². The van der Waals surface area contributed by atoms with Gasteiger partial charge >= 0.3 is 0 Å². The average Bonchev–Trinajstić information content (AvgIpc) is 3.12. The quantitative estimate of drug-likeness (QED) is 0.822.